The molecular formula is C14H24N4O2S. The first-order valence-electron chi connectivity index (χ1n) is 7.14. The van der Waals surface area contributed by atoms with Gasteiger partial charge in [0.25, 0.3) is 0 Å². The second-order valence-electron chi connectivity index (χ2n) is 5.72. The fraction of sp³-hybridized carbons (Fsp3) is 0.714. The summed E-state index contributed by atoms with van der Waals surface area (Å²) in [5.74, 6) is 0.142. The number of methoxy groups -OCH3 is 1. The molecule has 0 unspecified atom stereocenters. The van der Waals surface area contributed by atoms with E-state index in [4.69, 9.17) is 4.74 Å². The van der Waals surface area contributed by atoms with E-state index in [2.05, 4.69) is 15.2 Å². The minimum Gasteiger partial charge on any atom is -0.383 e. The maximum Gasteiger partial charge on any atom is 0.247 e. The summed E-state index contributed by atoms with van der Waals surface area (Å²) in [7, 11) is 3.55. The Balaban J connectivity index is 2.02. The second kappa shape index (κ2) is 6.72. The molecule has 0 aromatic carbocycles. The largest absolute Gasteiger partial charge is 0.383 e. The van der Waals surface area contributed by atoms with Gasteiger partial charge in [-0.3, -0.25) is 4.79 Å². The van der Waals surface area contributed by atoms with Crippen LogP contribution in [0.3, 0.4) is 0 Å². The van der Waals surface area contributed by atoms with E-state index >= 15 is 0 Å². The predicted molar refractivity (Wildman–Crippen MR) is 84.8 cm³/mol. The van der Waals surface area contributed by atoms with Gasteiger partial charge in [0.05, 0.1) is 6.61 Å². The SMILES string of the molecule is COCCNCc1cnc(N2CCN(C)C(=O)C2(C)C)s1. The van der Waals surface area contributed by atoms with Crippen LogP contribution in [0.5, 0.6) is 0 Å². The minimum absolute atomic E-state index is 0.142. The van der Waals surface area contributed by atoms with Crippen molar-refractivity contribution >= 4 is 22.4 Å². The lowest BCUT2D eigenvalue weighted by Gasteiger charge is -2.44. The number of hydrogen-bond acceptors (Lipinski definition) is 6. The normalized spacial score (nSPS) is 18.4. The number of nitrogens with one attached hydrogen (secondary N) is 1. The Kier molecular flexibility index (Phi) is 5.18. The number of amides is 1. The van der Waals surface area contributed by atoms with Gasteiger partial charge in [0, 0.05) is 51.4 Å². The van der Waals surface area contributed by atoms with Gasteiger partial charge in [-0.15, -0.1) is 11.3 Å². The number of ether oxygens (including phenoxy) is 1. The molecule has 6 nitrogen and oxygen atoms in total. The minimum atomic E-state index is -0.536. The molecule has 0 radical (unpaired) electrons. The van der Waals surface area contributed by atoms with Gasteiger partial charge >= 0.3 is 0 Å². The third kappa shape index (κ3) is 3.53. The molecule has 1 aromatic rings. The average molecular weight is 312 g/mol. The lowest BCUT2D eigenvalue weighted by molar-refractivity contribution is -0.136. The Labute approximate surface area is 130 Å². The van der Waals surface area contributed by atoms with E-state index < -0.39 is 5.54 Å². The van der Waals surface area contributed by atoms with Crippen molar-refractivity contribution in [1.29, 1.82) is 0 Å². The van der Waals surface area contributed by atoms with Gasteiger partial charge in [-0.1, -0.05) is 0 Å². The molecule has 2 heterocycles. The Morgan fingerprint density at radius 2 is 2.24 bits per heavy atom. The first kappa shape index (κ1) is 16.2. The van der Waals surface area contributed by atoms with Crippen molar-refractivity contribution in [2.75, 3.05) is 45.3 Å². The van der Waals surface area contributed by atoms with E-state index in [1.165, 1.54) is 4.88 Å². The van der Waals surface area contributed by atoms with Crippen molar-refractivity contribution in [2.45, 2.75) is 25.9 Å². The summed E-state index contributed by atoms with van der Waals surface area (Å²) in [4.78, 5) is 21.9. The molecule has 0 atom stereocenters. The van der Waals surface area contributed by atoms with Gasteiger partial charge in [-0.25, -0.2) is 4.98 Å². The number of piperazine rings is 1. The number of aromatic nitrogens is 1. The molecule has 21 heavy (non-hydrogen) atoms. The average Bonchev–Trinajstić information content (AvgIpc) is 2.90. The third-order valence-electron chi connectivity index (χ3n) is 3.76. The van der Waals surface area contributed by atoms with Crippen molar-refractivity contribution in [2.24, 2.45) is 0 Å². The molecule has 0 bridgehead atoms. The van der Waals surface area contributed by atoms with Crippen molar-refractivity contribution < 1.29 is 9.53 Å². The van der Waals surface area contributed by atoms with Crippen LogP contribution in [0.25, 0.3) is 0 Å². The molecule has 0 aliphatic carbocycles. The van der Waals surface area contributed by atoms with Gasteiger partial charge in [-0.2, -0.15) is 0 Å². The van der Waals surface area contributed by atoms with Crippen molar-refractivity contribution in [1.82, 2.24) is 15.2 Å². The fourth-order valence-corrected chi connectivity index (χ4v) is 3.49. The maximum absolute atomic E-state index is 12.3. The quantitative estimate of drug-likeness (QED) is 0.792. The molecule has 1 saturated heterocycles. The maximum atomic E-state index is 12.3. The molecule has 1 aliphatic heterocycles. The molecule has 0 saturated carbocycles. The van der Waals surface area contributed by atoms with Crippen molar-refractivity contribution in [3.05, 3.63) is 11.1 Å². The van der Waals surface area contributed by atoms with E-state index in [0.717, 1.165) is 31.3 Å². The van der Waals surface area contributed by atoms with Crippen LogP contribution in [-0.4, -0.2) is 61.7 Å². The summed E-state index contributed by atoms with van der Waals surface area (Å²) in [6, 6.07) is 0. The number of likely N-dealkylation sites (N-methyl/N-ethyl adjacent to an activating group) is 1. The van der Waals surface area contributed by atoms with Crippen LogP contribution in [0.1, 0.15) is 18.7 Å². The van der Waals surface area contributed by atoms with Gasteiger partial charge in [0.1, 0.15) is 5.54 Å². The Bertz CT molecular complexity index is 489. The number of carbonyl (C=O) groups excluding carboxylic acids is 1. The second-order valence-corrected chi connectivity index (χ2v) is 6.81. The highest BCUT2D eigenvalue weighted by molar-refractivity contribution is 7.15. The first-order chi connectivity index (χ1) is 9.96. The van der Waals surface area contributed by atoms with Gasteiger partial charge in [0.2, 0.25) is 5.91 Å². The Morgan fingerprint density at radius 3 is 2.95 bits per heavy atom. The molecule has 2 rings (SSSR count). The van der Waals surface area contributed by atoms with E-state index in [1.807, 2.05) is 27.1 Å². The van der Waals surface area contributed by atoms with Crippen LogP contribution in [0.4, 0.5) is 5.13 Å². The molecule has 1 N–H and O–H groups in total. The number of hydrogen-bond donors (Lipinski definition) is 1. The lowest BCUT2D eigenvalue weighted by atomic mass is 9.99. The van der Waals surface area contributed by atoms with Crippen molar-refractivity contribution in [3.8, 4) is 0 Å². The molecule has 0 spiro atoms. The Hall–Kier alpha value is -1.18. The summed E-state index contributed by atoms with van der Waals surface area (Å²) in [5.41, 5.74) is -0.536. The fourth-order valence-electron chi connectivity index (χ4n) is 2.44. The van der Waals surface area contributed by atoms with Crippen LogP contribution in [0, 0.1) is 0 Å². The number of thiazole rings is 1. The van der Waals surface area contributed by atoms with Gasteiger partial charge in [-0.05, 0) is 13.8 Å². The number of carbonyl (C=O) groups is 1. The number of rotatable bonds is 6. The van der Waals surface area contributed by atoms with E-state index in [1.54, 1.807) is 23.3 Å². The molecule has 1 aromatic heterocycles. The number of nitrogens with zero attached hydrogens (tertiary/aromatic N) is 3. The van der Waals surface area contributed by atoms with Crippen LogP contribution >= 0.6 is 11.3 Å². The summed E-state index contributed by atoms with van der Waals surface area (Å²) in [6.45, 7) is 7.78. The van der Waals surface area contributed by atoms with Crippen LogP contribution < -0.4 is 10.2 Å². The predicted octanol–water partition coefficient (Wildman–Crippen LogP) is 0.936. The highest BCUT2D eigenvalue weighted by Crippen LogP contribution is 2.31. The molecule has 1 aliphatic rings. The van der Waals surface area contributed by atoms with Gasteiger partial charge < -0.3 is 19.9 Å². The smallest absolute Gasteiger partial charge is 0.247 e. The molecular weight excluding hydrogens is 288 g/mol. The van der Waals surface area contributed by atoms with Crippen LogP contribution in [-0.2, 0) is 16.1 Å². The Morgan fingerprint density at radius 1 is 1.48 bits per heavy atom. The summed E-state index contributed by atoms with van der Waals surface area (Å²) < 4.78 is 5.00. The summed E-state index contributed by atoms with van der Waals surface area (Å²) in [6.07, 6.45) is 1.89. The lowest BCUT2D eigenvalue weighted by Crippen LogP contribution is -2.62. The van der Waals surface area contributed by atoms with E-state index in [9.17, 15) is 4.79 Å². The molecule has 118 valence electrons. The van der Waals surface area contributed by atoms with Crippen LogP contribution in [0.15, 0.2) is 6.20 Å². The van der Waals surface area contributed by atoms with Crippen molar-refractivity contribution in [3.63, 3.8) is 0 Å². The highest BCUT2D eigenvalue weighted by atomic mass is 32.1. The third-order valence-corrected chi connectivity index (χ3v) is 4.78. The topological polar surface area (TPSA) is 57.7 Å². The summed E-state index contributed by atoms with van der Waals surface area (Å²) in [5, 5.41) is 4.23. The first-order valence-corrected chi connectivity index (χ1v) is 7.96. The zero-order chi connectivity index (χ0) is 15.5. The number of anilines is 1. The molecule has 1 amide bonds. The zero-order valence-electron chi connectivity index (χ0n) is 13.2. The van der Waals surface area contributed by atoms with Crippen LogP contribution in [0.2, 0.25) is 0 Å². The zero-order valence-corrected chi connectivity index (χ0v) is 14.0. The summed E-state index contributed by atoms with van der Waals surface area (Å²) >= 11 is 1.64. The highest BCUT2D eigenvalue weighted by Gasteiger charge is 2.41. The molecule has 1 fully saturated rings. The standard InChI is InChI=1S/C14H24N4O2S/c1-14(2)12(19)17(3)6-7-18(14)13-16-10-11(21-13)9-15-5-8-20-4/h10,15H,5-9H2,1-4H3. The monoisotopic (exact) mass is 312 g/mol. The van der Waals surface area contributed by atoms with E-state index in [-0.39, 0.29) is 5.91 Å². The van der Waals surface area contributed by atoms with E-state index in [0.29, 0.717) is 6.61 Å². The molecule has 7 heteroatoms. The van der Waals surface area contributed by atoms with Gasteiger partial charge in [0.15, 0.2) is 5.13 Å².